The Morgan fingerprint density at radius 3 is 2.53 bits per heavy atom. The summed E-state index contributed by atoms with van der Waals surface area (Å²) in [7, 11) is 0. The molecule has 6 heteroatoms. The number of carbonyl (C=O) groups is 2. The van der Waals surface area contributed by atoms with E-state index in [-0.39, 0.29) is 17.7 Å². The first-order valence-electron chi connectivity index (χ1n) is 6.13. The predicted molar refractivity (Wildman–Crippen MR) is 68.8 cm³/mol. The molecule has 0 aliphatic rings. The lowest BCUT2D eigenvalue weighted by molar-refractivity contribution is -0.137. The van der Waals surface area contributed by atoms with Crippen molar-refractivity contribution in [3.05, 3.63) is 17.5 Å². The Balaban J connectivity index is 2.74. The van der Waals surface area contributed by atoms with Crippen molar-refractivity contribution < 1.29 is 19.2 Å². The van der Waals surface area contributed by atoms with Gasteiger partial charge in [0, 0.05) is 6.04 Å². The molecule has 0 saturated heterocycles. The van der Waals surface area contributed by atoms with E-state index >= 15 is 0 Å². The minimum atomic E-state index is -0.934. The van der Waals surface area contributed by atoms with Crippen LogP contribution in [0.2, 0.25) is 0 Å². The fraction of sp³-hybridized carbons (Fsp3) is 0.615. The van der Waals surface area contributed by atoms with E-state index in [4.69, 9.17) is 9.63 Å². The van der Waals surface area contributed by atoms with Gasteiger partial charge in [-0.25, -0.2) is 0 Å². The molecule has 0 saturated carbocycles. The van der Waals surface area contributed by atoms with E-state index in [0.717, 1.165) is 0 Å². The van der Waals surface area contributed by atoms with Crippen molar-refractivity contribution >= 4 is 11.9 Å². The van der Waals surface area contributed by atoms with Crippen molar-refractivity contribution in [2.75, 3.05) is 0 Å². The first-order valence-corrected chi connectivity index (χ1v) is 6.13. The molecule has 0 aromatic carbocycles. The van der Waals surface area contributed by atoms with Gasteiger partial charge in [-0.05, 0) is 18.8 Å². The summed E-state index contributed by atoms with van der Waals surface area (Å²) in [6.07, 6.45) is 1.81. The number of aryl methyl sites for hydroxylation is 1. The van der Waals surface area contributed by atoms with E-state index in [2.05, 4.69) is 10.5 Å². The molecule has 0 spiro atoms. The second-order valence-corrected chi connectivity index (χ2v) is 5.83. The summed E-state index contributed by atoms with van der Waals surface area (Å²) in [5, 5.41) is 15.2. The van der Waals surface area contributed by atoms with Gasteiger partial charge in [0.05, 0.1) is 12.6 Å². The number of amides is 1. The quantitative estimate of drug-likeness (QED) is 0.852. The molecule has 19 heavy (non-hydrogen) atoms. The molecule has 1 atom stereocenters. The normalized spacial score (nSPS) is 13.1. The molecule has 0 aliphatic heterocycles. The van der Waals surface area contributed by atoms with Crippen LogP contribution in [0, 0.1) is 12.3 Å². The zero-order valence-electron chi connectivity index (χ0n) is 11.7. The number of carboxylic acid groups (broad SMARTS) is 1. The van der Waals surface area contributed by atoms with Gasteiger partial charge in [-0.1, -0.05) is 25.9 Å². The molecular formula is C13H20N2O4. The highest BCUT2D eigenvalue weighted by atomic mass is 16.5. The first-order chi connectivity index (χ1) is 8.69. The topological polar surface area (TPSA) is 92.4 Å². The van der Waals surface area contributed by atoms with Crippen molar-refractivity contribution in [3.63, 3.8) is 0 Å². The zero-order valence-corrected chi connectivity index (χ0v) is 11.7. The summed E-state index contributed by atoms with van der Waals surface area (Å²) in [5.74, 6) is -0.867. The maximum absolute atomic E-state index is 12.0. The minimum Gasteiger partial charge on any atom is -0.481 e. The summed E-state index contributed by atoms with van der Waals surface area (Å²) in [6.45, 7) is 7.63. The lowest BCUT2D eigenvalue weighted by Crippen LogP contribution is -2.39. The molecular weight excluding hydrogens is 248 g/mol. The third-order valence-corrected chi connectivity index (χ3v) is 2.61. The van der Waals surface area contributed by atoms with Crippen LogP contribution in [0.1, 0.15) is 49.7 Å². The number of carbonyl (C=O) groups excluding carboxylic acids is 1. The number of hydrogen-bond acceptors (Lipinski definition) is 4. The van der Waals surface area contributed by atoms with Crippen LogP contribution < -0.4 is 5.32 Å². The van der Waals surface area contributed by atoms with Crippen LogP contribution in [0.25, 0.3) is 0 Å². The SMILES string of the molecule is Cc1oncc1C(=O)NC(CC(=O)O)CC(C)(C)C. The fourth-order valence-corrected chi connectivity index (χ4v) is 1.90. The molecule has 106 valence electrons. The Morgan fingerprint density at radius 1 is 1.47 bits per heavy atom. The number of carboxylic acids is 1. The Bertz CT molecular complexity index is 459. The number of aromatic nitrogens is 1. The van der Waals surface area contributed by atoms with Crippen LogP contribution in [-0.4, -0.2) is 28.2 Å². The lowest BCUT2D eigenvalue weighted by atomic mass is 9.87. The highest BCUT2D eigenvalue weighted by Gasteiger charge is 2.24. The van der Waals surface area contributed by atoms with E-state index in [1.54, 1.807) is 6.92 Å². The summed E-state index contributed by atoms with van der Waals surface area (Å²) in [4.78, 5) is 22.8. The summed E-state index contributed by atoms with van der Waals surface area (Å²) >= 11 is 0. The highest BCUT2D eigenvalue weighted by Crippen LogP contribution is 2.22. The van der Waals surface area contributed by atoms with E-state index < -0.39 is 12.0 Å². The number of nitrogens with zero attached hydrogens (tertiary/aromatic N) is 1. The number of aliphatic carboxylic acids is 1. The molecule has 0 bridgehead atoms. The van der Waals surface area contributed by atoms with Gasteiger partial charge in [-0.2, -0.15) is 0 Å². The number of nitrogens with one attached hydrogen (secondary N) is 1. The molecule has 1 aromatic rings. The van der Waals surface area contributed by atoms with Gasteiger partial charge in [-0.15, -0.1) is 0 Å². The Kier molecular flexibility index (Phi) is 4.69. The molecule has 2 N–H and O–H groups in total. The Morgan fingerprint density at radius 2 is 2.11 bits per heavy atom. The molecule has 1 aromatic heterocycles. The van der Waals surface area contributed by atoms with Crippen molar-refractivity contribution in [1.29, 1.82) is 0 Å². The lowest BCUT2D eigenvalue weighted by Gasteiger charge is -2.25. The highest BCUT2D eigenvalue weighted by molar-refractivity contribution is 5.95. The van der Waals surface area contributed by atoms with Gasteiger partial charge in [0.15, 0.2) is 0 Å². The second-order valence-electron chi connectivity index (χ2n) is 5.83. The molecule has 1 unspecified atom stereocenters. The molecule has 1 rings (SSSR count). The van der Waals surface area contributed by atoms with Crippen LogP contribution in [0.15, 0.2) is 10.7 Å². The average Bonchev–Trinajstić information content (AvgIpc) is 2.60. The molecule has 0 radical (unpaired) electrons. The van der Waals surface area contributed by atoms with Crippen LogP contribution >= 0.6 is 0 Å². The number of rotatable bonds is 5. The fourth-order valence-electron chi connectivity index (χ4n) is 1.90. The monoisotopic (exact) mass is 268 g/mol. The maximum Gasteiger partial charge on any atom is 0.305 e. The Hall–Kier alpha value is -1.85. The molecule has 1 heterocycles. The summed E-state index contributed by atoms with van der Waals surface area (Å²) in [5.41, 5.74) is 0.265. The summed E-state index contributed by atoms with van der Waals surface area (Å²) < 4.78 is 4.82. The second kappa shape index (κ2) is 5.86. The Labute approximate surface area is 112 Å². The number of hydrogen-bond donors (Lipinski definition) is 2. The van der Waals surface area contributed by atoms with Gasteiger partial charge >= 0.3 is 5.97 Å². The van der Waals surface area contributed by atoms with Crippen molar-refractivity contribution in [3.8, 4) is 0 Å². The van der Waals surface area contributed by atoms with Crippen LogP contribution in [0.4, 0.5) is 0 Å². The van der Waals surface area contributed by atoms with Gasteiger partial charge in [0.2, 0.25) is 0 Å². The third kappa shape index (κ3) is 5.11. The first kappa shape index (κ1) is 15.2. The van der Waals surface area contributed by atoms with Crippen LogP contribution in [-0.2, 0) is 4.79 Å². The van der Waals surface area contributed by atoms with E-state index in [1.807, 2.05) is 20.8 Å². The predicted octanol–water partition coefficient (Wildman–Crippen LogP) is 1.99. The van der Waals surface area contributed by atoms with Gasteiger partial charge in [0.1, 0.15) is 11.3 Å². The maximum atomic E-state index is 12.0. The zero-order chi connectivity index (χ0) is 14.6. The van der Waals surface area contributed by atoms with Gasteiger partial charge in [0.25, 0.3) is 5.91 Å². The van der Waals surface area contributed by atoms with Crippen LogP contribution in [0.5, 0.6) is 0 Å². The minimum absolute atomic E-state index is 0.0723. The van der Waals surface area contributed by atoms with E-state index in [1.165, 1.54) is 6.20 Å². The average molecular weight is 268 g/mol. The van der Waals surface area contributed by atoms with Gasteiger partial charge in [-0.3, -0.25) is 9.59 Å². The van der Waals surface area contributed by atoms with E-state index in [9.17, 15) is 9.59 Å². The third-order valence-electron chi connectivity index (χ3n) is 2.61. The molecule has 1 amide bonds. The molecule has 0 aliphatic carbocycles. The van der Waals surface area contributed by atoms with Gasteiger partial charge < -0.3 is 14.9 Å². The molecule has 6 nitrogen and oxygen atoms in total. The summed E-state index contributed by atoms with van der Waals surface area (Å²) in [6, 6.07) is -0.417. The van der Waals surface area contributed by atoms with Crippen LogP contribution in [0.3, 0.4) is 0 Å². The van der Waals surface area contributed by atoms with Crippen molar-refractivity contribution in [2.24, 2.45) is 5.41 Å². The largest absolute Gasteiger partial charge is 0.481 e. The van der Waals surface area contributed by atoms with Crippen molar-refractivity contribution in [2.45, 2.75) is 46.6 Å². The van der Waals surface area contributed by atoms with E-state index in [0.29, 0.717) is 17.7 Å². The smallest absolute Gasteiger partial charge is 0.305 e. The van der Waals surface area contributed by atoms with Crippen molar-refractivity contribution in [1.82, 2.24) is 10.5 Å². The molecule has 0 fully saturated rings. The standard InChI is InChI=1S/C13H20N2O4/c1-8-10(7-14-19-8)12(18)15-9(5-11(16)17)6-13(2,3)4/h7,9H,5-6H2,1-4H3,(H,15,18)(H,16,17).